The fraction of sp³-hybridized carbons (Fsp3) is 0.600. The summed E-state index contributed by atoms with van der Waals surface area (Å²) in [6, 6.07) is 4.22. The number of hydrogen-bond donors (Lipinski definition) is 2. The lowest BCUT2D eigenvalue weighted by atomic mass is 10.0. The molecule has 6 heteroatoms. The summed E-state index contributed by atoms with van der Waals surface area (Å²) in [5.74, 6) is -0.380. The van der Waals surface area contributed by atoms with Crippen molar-refractivity contribution in [1.82, 2.24) is 10.0 Å². The zero-order chi connectivity index (χ0) is 15.7. The Bertz CT molecular complexity index is 610. The summed E-state index contributed by atoms with van der Waals surface area (Å²) in [6.45, 7) is 6.95. The van der Waals surface area contributed by atoms with Gasteiger partial charge in [0, 0.05) is 12.1 Å². The van der Waals surface area contributed by atoms with Gasteiger partial charge in [-0.15, -0.1) is 0 Å². The lowest BCUT2D eigenvalue weighted by Crippen LogP contribution is -2.45. The van der Waals surface area contributed by atoms with Crippen LogP contribution < -0.4 is 10.0 Å². The molecule has 1 saturated carbocycles. The highest BCUT2D eigenvalue weighted by Gasteiger charge is 2.41. The Labute approximate surface area is 126 Å². The van der Waals surface area contributed by atoms with Gasteiger partial charge in [0.1, 0.15) is 10.7 Å². The zero-order valence-electron chi connectivity index (χ0n) is 12.7. The molecule has 2 N–H and O–H groups in total. The lowest BCUT2D eigenvalue weighted by molar-refractivity contribution is 0.399. The number of rotatable bonds is 7. The molecule has 118 valence electrons. The van der Waals surface area contributed by atoms with Crippen molar-refractivity contribution in [3.8, 4) is 0 Å². The molecule has 0 amide bonds. The van der Waals surface area contributed by atoms with E-state index in [4.69, 9.17) is 0 Å². The fourth-order valence-electron chi connectivity index (χ4n) is 2.42. The second-order valence-corrected chi connectivity index (χ2v) is 7.80. The molecular formula is C15H23FN2O2S. The first-order chi connectivity index (χ1) is 9.76. The molecule has 1 aromatic rings. The minimum atomic E-state index is -3.85. The van der Waals surface area contributed by atoms with E-state index >= 15 is 0 Å². The second kappa shape index (κ2) is 6.02. The molecule has 0 atom stereocenters. The van der Waals surface area contributed by atoms with Gasteiger partial charge in [-0.25, -0.2) is 17.5 Å². The summed E-state index contributed by atoms with van der Waals surface area (Å²) in [7, 11) is -3.85. The van der Waals surface area contributed by atoms with Gasteiger partial charge in [-0.2, -0.15) is 0 Å². The summed E-state index contributed by atoms with van der Waals surface area (Å²) >= 11 is 0. The summed E-state index contributed by atoms with van der Waals surface area (Å²) in [6.07, 6.45) is 2.02. The predicted octanol–water partition coefficient (Wildman–Crippen LogP) is 2.40. The third kappa shape index (κ3) is 4.02. The molecule has 4 nitrogen and oxygen atoms in total. The standard InChI is InChI=1S/C15H23FN2O2S/c1-4-17-10-11-5-8-13(16)14(9-11)21(19,20)18-15(2,3)12-6-7-12/h5,8-9,12,17-18H,4,6-7,10H2,1-3H3. The normalized spacial score (nSPS) is 16.2. The topological polar surface area (TPSA) is 58.2 Å². The molecule has 1 fully saturated rings. The molecule has 1 aliphatic rings. The van der Waals surface area contributed by atoms with Crippen LogP contribution in [0, 0.1) is 11.7 Å². The van der Waals surface area contributed by atoms with E-state index in [1.807, 2.05) is 20.8 Å². The van der Waals surface area contributed by atoms with Crippen LogP contribution in [0.1, 0.15) is 39.2 Å². The maximum Gasteiger partial charge on any atom is 0.243 e. The average Bonchev–Trinajstić information content (AvgIpc) is 3.21. The number of sulfonamides is 1. The van der Waals surface area contributed by atoms with E-state index in [-0.39, 0.29) is 4.90 Å². The van der Waals surface area contributed by atoms with E-state index in [9.17, 15) is 12.8 Å². The van der Waals surface area contributed by atoms with E-state index < -0.39 is 21.4 Å². The van der Waals surface area contributed by atoms with Gasteiger partial charge >= 0.3 is 0 Å². The van der Waals surface area contributed by atoms with Crippen molar-refractivity contribution in [2.45, 2.75) is 50.6 Å². The predicted molar refractivity (Wildman–Crippen MR) is 80.9 cm³/mol. The molecule has 0 radical (unpaired) electrons. The molecule has 0 aromatic heterocycles. The molecule has 21 heavy (non-hydrogen) atoms. The van der Waals surface area contributed by atoms with Crippen LogP contribution >= 0.6 is 0 Å². The Balaban J connectivity index is 2.26. The Kier molecular flexibility index (Phi) is 4.70. The van der Waals surface area contributed by atoms with Crippen molar-refractivity contribution in [3.05, 3.63) is 29.6 Å². The molecule has 0 unspecified atom stereocenters. The van der Waals surface area contributed by atoms with Crippen LogP contribution in [0.4, 0.5) is 4.39 Å². The van der Waals surface area contributed by atoms with Gasteiger partial charge in [-0.05, 0) is 56.8 Å². The van der Waals surface area contributed by atoms with E-state index in [2.05, 4.69) is 10.0 Å². The van der Waals surface area contributed by atoms with E-state index in [0.717, 1.165) is 24.9 Å². The van der Waals surface area contributed by atoms with Crippen molar-refractivity contribution >= 4 is 10.0 Å². The minimum absolute atomic E-state index is 0.272. The van der Waals surface area contributed by atoms with Gasteiger partial charge in [0.05, 0.1) is 0 Å². The van der Waals surface area contributed by atoms with Crippen LogP contribution in [0.5, 0.6) is 0 Å². The first-order valence-electron chi connectivity index (χ1n) is 7.29. The van der Waals surface area contributed by atoms with Gasteiger partial charge in [-0.1, -0.05) is 13.0 Å². The lowest BCUT2D eigenvalue weighted by Gasteiger charge is -2.26. The second-order valence-electron chi connectivity index (χ2n) is 6.15. The number of benzene rings is 1. The molecule has 0 saturated heterocycles. The average molecular weight is 314 g/mol. The Morgan fingerprint density at radius 3 is 2.57 bits per heavy atom. The number of nitrogens with one attached hydrogen (secondary N) is 2. The summed E-state index contributed by atoms with van der Waals surface area (Å²) in [5, 5.41) is 3.10. The molecule has 0 aliphatic heterocycles. The smallest absolute Gasteiger partial charge is 0.243 e. The van der Waals surface area contributed by atoms with Crippen molar-refractivity contribution in [2.24, 2.45) is 5.92 Å². The molecule has 0 bridgehead atoms. The van der Waals surface area contributed by atoms with Crippen LogP contribution in [0.3, 0.4) is 0 Å². The molecule has 2 rings (SSSR count). The van der Waals surface area contributed by atoms with Crippen LogP contribution in [-0.4, -0.2) is 20.5 Å². The van der Waals surface area contributed by atoms with Crippen molar-refractivity contribution < 1.29 is 12.8 Å². The highest BCUT2D eigenvalue weighted by molar-refractivity contribution is 7.89. The van der Waals surface area contributed by atoms with Crippen LogP contribution in [-0.2, 0) is 16.6 Å². The number of halogens is 1. The summed E-state index contributed by atoms with van der Waals surface area (Å²) in [5.41, 5.74) is 0.214. The van der Waals surface area contributed by atoms with E-state index in [1.54, 1.807) is 6.07 Å². The highest BCUT2D eigenvalue weighted by Crippen LogP contribution is 2.40. The maximum absolute atomic E-state index is 13.9. The Morgan fingerprint density at radius 2 is 2.00 bits per heavy atom. The maximum atomic E-state index is 13.9. The van der Waals surface area contributed by atoms with Crippen LogP contribution in [0.2, 0.25) is 0 Å². The molecule has 0 heterocycles. The van der Waals surface area contributed by atoms with Gasteiger partial charge in [0.25, 0.3) is 0 Å². The van der Waals surface area contributed by atoms with E-state index in [0.29, 0.717) is 12.5 Å². The van der Waals surface area contributed by atoms with Gasteiger partial charge in [0.15, 0.2) is 0 Å². The van der Waals surface area contributed by atoms with Gasteiger partial charge in [0.2, 0.25) is 10.0 Å². The van der Waals surface area contributed by atoms with Crippen molar-refractivity contribution in [1.29, 1.82) is 0 Å². The largest absolute Gasteiger partial charge is 0.313 e. The zero-order valence-corrected chi connectivity index (χ0v) is 13.6. The highest BCUT2D eigenvalue weighted by atomic mass is 32.2. The van der Waals surface area contributed by atoms with Gasteiger partial charge < -0.3 is 5.32 Å². The third-order valence-electron chi connectivity index (χ3n) is 3.86. The van der Waals surface area contributed by atoms with Crippen LogP contribution in [0.25, 0.3) is 0 Å². The Hall–Kier alpha value is -0.980. The van der Waals surface area contributed by atoms with Crippen LogP contribution in [0.15, 0.2) is 23.1 Å². The molecular weight excluding hydrogens is 291 g/mol. The molecule has 1 aliphatic carbocycles. The Morgan fingerprint density at radius 1 is 1.33 bits per heavy atom. The van der Waals surface area contributed by atoms with Gasteiger partial charge in [-0.3, -0.25) is 0 Å². The first-order valence-corrected chi connectivity index (χ1v) is 8.77. The molecule has 1 aromatic carbocycles. The fourth-order valence-corrected chi connectivity index (χ4v) is 4.02. The van der Waals surface area contributed by atoms with Crippen molar-refractivity contribution in [3.63, 3.8) is 0 Å². The quantitative estimate of drug-likeness (QED) is 0.812. The summed E-state index contributed by atoms with van der Waals surface area (Å²) < 4.78 is 41.5. The third-order valence-corrected chi connectivity index (χ3v) is 5.55. The first kappa shape index (κ1) is 16.4. The summed E-state index contributed by atoms with van der Waals surface area (Å²) in [4.78, 5) is -0.272. The van der Waals surface area contributed by atoms with Crippen molar-refractivity contribution in [2.75, 3.05) is 6.54 Å². The number of hydrogen-bond acceptors (Lipinski definition) is 3. The minimum Gasteiger partial charge on any atom is -0.313 e. The molecule has 0 spiro atoms. The van der Waals surface area contributed by atoms with E-state index in [1.165, 1.54) is 12.1 Å². The SMILES string of the molecule is CCNCc1ccc(F)c(S(=O)(=O)NC(C)(C)C2CC2)c1. The monoisotopic (exact) mass is 314 g/mol.